The van der Waals surface area contributed by atoms with Crippen molar-refractivity contribution in [2.24, 2.45) is 0 Å². The lowest BCUT2D eigenvalue weighted by Gasteiger charge is -2.14. The summed E-state index contributed by atoms with van der Waals surface area (Å²) < 4.78 is 5.82. The number of halogens is 2. The lowest BCUT2D eigenvalue weighted by atomic mass is 10.1. The topological polar surface area (TPSA) is 21.3 Å². The largest absolute Gasteiger partial charge is 0.486 e. The monoisotopic (exact) mass is 385 g/mol. The van der Waals surface area contributed by atoms with E-state index in [2.05, 4.69) is 30.4 Å². The molecule has 26 heavy (non-hydrogen) atoms. The van der Waals surface area contributed by atoms with Crippen LogP contribution in [0.5, 0.6) is 5.75 Å². The van der Waals surface area contributed by atoms with E-state index in [0.717, 1.165) is 23.2 Å². The Kier molecular flexibility index (Phi) is 6.43. The fraction of sp³-hybridized carbons (Fsp3) is 0.182. The van der Waals surface area contributed by atoms with E-state index >= 15 is 0 Å². The first-order valence-electron chi connectivity index (χ1n) is 8.63. The van der Waals surface area contributed by atoms with Gasteiger partial charge in [-0.2, -0.15) is 0 Å². The third kappa shape index (κ3) is 4.72. The van der Waals surface area contributed by atoms with E-state index in [9.17, 15) is 0 Å². The summed E-state index contributed by atoms with van der Waals surface area (Å²) in [6.45, 7) is 3.23. The Hall–Kier alpha value is -2.16. The zero-order chi connectivity index (χ0) is 18.4. The van der Waals surface area contributed by atoms with Crippen LogP contribution in [0, 0.1) is 0 Å². The number of hydrogen-bond donors (Lipinski definition) is 1. The molecule has 4 heteroatoms. The van der Waals surface area contributed by atoms with Crippen molar-refractivity contribution in [3.05, 3.63) is 93.5 Å². The van der Waals surface area contributed by atoms with Crippen LogP contribution in [-0.2, 0) is 19.6 Å². The smallest absolute Gasteiger partial charge is 0.156 e. The Bertz CT molecular complexity index is 842. The number of rotatable bonds is 7. The third-order valence-electron chi connectivity index (χ3n) is 4.17. The summed E-state index contributed by atoms with van der Waals surface area (Å²) in [5, 5.41) is 4.50. The molecule has 0 aliphatic heterocycles. The number of aryl methyl sites for hydroxylation is 1. The molecule has 0 saturated heterocycles. The van der Waals surface area contributed by atoms with Crippen LogP contribution in [-0.4, -0.2) is 0 Å². The number of para-hydroxylation sites is 1. The zero-order valence-corrected chi connectivity index (χ0v) is 16.1. The summed E-state index contributed by atoms with van der Waals surface area (Å²) in [5.74, 6) is 0.523. The highest BCUT2D eigenvalue weighted by Crippen LogP contribution is 2.35. The Morgan fingerprint density at radius 1 is 0.846 bits per heavy atom. The molecule has 0 saturated carbocycles. The molecule has 0 unspecified atom stereocenters. The number of nitrogens with one attached hydrogen (secondary N) is 1. The molecule has 1 N–H and O–H groups in total. The molecule has 0 aromatic heterocycles. The molecule has 0 atom stereocenters. The second kappa shape index (κ2) is 8.98. The summed E-state index contributed by atoms with van der Waals surface area (Å²) in [5.41, 5.74) is 4.50. The normalized spacial score (nSPS) is 10.6. The highest BCUT2D eigenvalue weighted by Gasteiger charge is 2.10. The van der Waals surface area contributed by atoms with E-state index in [-0.39, 0.29) is 0 Å². The molecule has 134 valence electrons. The van der Waals surface area contributed by atoms with Crippen molar-refractivity contribution in [1.82, 2.24) is 0 Å². The van der Waals surface area contributed by atoms with Crippen molar-refractivity contribution >= 4 is 28.9 Å². The van der Waals surface area contributed by atoms with Gasteiger partial charge < -0.3 is 10.1 Å². The number of ether oxygens (including phenoxy) is 1. The van der Waals surface area contributed by atoms with Crippen molar-refractivity contribution in [3.8, 4) is 5.75 Å². The predicted molar refractivity (Wildman–Crippen MR) is 110 cm³/mol. The molecule has 2 nitrogen and oxygen atoms in total. The van der Waals surface area contributed by atoms with Crippen molar-refractivity contribution in [3.63, 3.8) is 0 Å². The summed E-state index contributed by atoms with van der Waals surface area (Å²) in [6.07, 6.45) is 0.983. The highest BCUT2D eigenvalue weighted by molar-refractivity contribution is 6.37. The molecule has 0 radical (unpaired) electrons. The van der Waals surface area contributed by atoms with Crippen LogP contribution in [0.1, 0.15) is 23.6 Å². The van der Waals surface area contributed by atoms with Gasteiger partial charge in [-0.15, -0.1) is 0 Å². The second-order valence-electron chi connectivity index (χ2n) is 6.03. The molecule has 3 aromatic carbocycles. The Morgan fingerprint density at radius 3 is 2.19 bits per heavy atom. The Morgan fingerprint density at radius 2 is 1.50 bits per heavy atom. The fourth-order valence-corrected chi connectivity index (χ4v) is 3.42. The lowest BCUT2D eigenvalue weighted by molar-refractivity contribution is 0.306. The molecule has 0 bridgehead atoms. The van der Waals surface area contributed by atoms with Crippen LogP contribution in [0.15, 0.2) is 66.7 Å². The minimum absolute atomic E-state index is 0.432. The predicted octanol–water partition coefficient (Wildman–Crippen LogP) is 6.75. The van der Waals surface area contributed by atoms with E-state index in [1.165, 1.54) is 5.56 Å². The van der Waals surface area contributed by atoms with E-state index in [1.54, 1.807) is 0 Å². The molecule has 3 aromatic rings. The second-order valence-corrected chi connectivity index (χ2v) is 6.84. The molecule has 0 amide bonds. The van der Waals surface area contributed by atoms with Crippen LogP contribution < -0.4 is 10.1 Å². The molecule has 0 fully saturated rings. The van der Waals surface area contributed by atoms with Crippen molar-refractivity contribution in [1.29, 1.82) is 0 Å². The van der Waals surface area contributed by atoms with Crippen LogP contribution in [0.2, 0.25) is 10.0 Å². The zero-order valence-electron chi connectivity index (χ0n) is 14.6. The Balaban J connectivity index is 1.68. The summed E-state index contributed by atoms with van der Waals surface area (Å²) in [7, 11) is 0. The van der Waals surface area contributed by atoms with Crippen molar-refractivity contribution < 1.29 is 4.74 Å². The summed E-state index contributed by atoms with van der Waals surface area (Å²) in [6, 6.07) is 22.0. The fourth-order valence-electron chi connectivity index (χ4n) is 2.78. The molecular weight excluding hydrogens is 365 g/mol. The van der Waals surface area contributed by atoms with Gasteiger partial charge in [-0.1, -0.05) is 78.7 Å². The van der Waals surface area contributed by atoms with E-state index in [4.69, 9.17) is 27.9 Å². The maximum Gasteiger partial charge on any atom is 0.156 e. The van der Waals surface area contributed by atoms with Crippen LogP contribution in [0.25, 0.3) is 0 Å². The minimum Gasteiger partial charge on any atom is -0.486 e. The van der Waals surface area contributed by atoms with Gasteiger partial charge in [-0.3, -0.25) is 0 Å². The average Bonchev–Trinajstić information content (AvgIpc) is 2.66. The summed E-state index contributed by atoms with van der Waals surface area (Å²) >= 11 is 12.8. The first-order valence-corrected chi connectivity index (χ1v) is 9.39. The molecule has 0 aliphatic carbocycles. The maximum atomic E-state index is 6.40. The van der Waals surface area contributed by atoms with E-state index in [1.807, 2.05) is 48.5 Å². The first kappa shape index (κ1) is 18.6. The minimum atomic E-state index is 0.432. The van der Waals surface area contributed by atoms with Crippen LogP contribution >= 0.6 is 23.2 Å². The third-order valence-corrected chi connectivity index (χ3v) is 4.73. The molecular formula is C22H21Cl2NO. The Labute approximate surface area is 164 Å². The molecule has 3 rings (SSSR count). The molecule has 0 aliphatic rings. The quantitative estimate of drug-likeness (QED) is 0.485. The SMILES string of the molecule is CCc1ccccc1NCc1cc(Cl)c(OCc2ccccc2)c(Cl)c1. The average molecular weight is 386 g/mol. The van der Waals surface area contributed by atoms with Gasteiger partial charge in [0.15, 0.2) is 5.75 Å². The van der Waals surface area contributed by atoms with Gasteiger partial charge >= 0.3 is 0 Å². The van der Waals surface area contributed by atoms with Crippen LogP contribution in [0.3, 0.4) is 0 Å². The molecule has 0 heterocycles. The lowest BCUT2D eigenvalue weighted by Crippen LogP contribution is -2.03. The van der Waals surface area contributed by atoms with E-state index in [0.29, 0.717) is 28.9 Å². The van der Waals surface area contributed by atoms with E-state index < -0.39 is 0 Å². The number of benzene rings is 3. The van der Waals surface area contributed by atoms with Gasteiger partial charge in [-0.25, -0.2) is 0 Å². The standard InChI is InChI=1S/C22H21Cl2NO/c1-2-18-10-6-7-11-21(18)25-14-17-12-19(23)22(20(24)13-17)26-15-16-8-4-3-5-9-16/h3-13,25H,2,14-15H2,1H3. The van der Waals surface area contributed by atoms with Crippen molar-refractivity contribution in [2.75, 3.05) is 5.32 Å². The number of anilines is 1. The number of hydrogen-bond acceptors (Lipinski definition) is 2. The summed E-state index contributed by atoms with van der Waals surface area (Å²) in [4.78, 5) is 0. The highest BCUT2D eigenvalue weighted by atomic mass is 35.5. The van der Waals surface area contributed by atoms with Gasteiger partial charge in [0.05, 0.1) is 10.0 Å². The van der Waals surface area contributed by atoms with Crippen LogP contribution in [0.4, 0.5) is 5.69 Å². The van der Waals surface area contributed by atoms with Gasteiger partial charge in [0.2, 0.25) is 0 Å². The van der Waals surface area contributed by atoms with Gasteiger partial charge in [0.25, 0.3) is 0 Å². The van der Waals surface area contributed by atoms with Crippen molar-refractivity contribution in [2.45, 2.75) is 26.5 Å². The van der Waals surface area contributed by atoms with Gasteiger partial charge in [-0.05, 0) is 41.3 Å². The molecule has 0 spiro atoms. The van der Waals surface area contributed by atoms with Gasteiger partial charge in [0.1, 0.15) is 6.61 Å². The van der Waals surface area contributed by atoms with Gasteiger partial charge in [0, 0.05) is 12.2 Å². The first-order chi connectivity index (χ1) is 12.7. The maximum absolute atomic E-state index is 6.40.